The Kier molecular flexibility index (Phi) is 6.84. The van der Waals surface area contributed by atoms with Crippen molar-refractivity contribution in [1.29, 1.82) is 0 Å². The van der Waals surface area contributed by atoms with E-state index in [4.69, 9.17) is 5.73 Å². The van der Waals surface area contributed by atoms with Crippen molar-refractivity contribution in [3.05, 3.63) is 66.9 Å². The summed E-state index contributed by atoms with van der Waals surface area (Å²) in [4.78, 5) is 44.1. The Hall–Kier alpha value is -4.17. The van der Waals surface area contributed by atoms with E-state index in [-0.39, 0.29) is 36.0 Å². The van der Waals surface area contributed by atoms with Crippen LogP contribution in [0.1, 0.15) is 25.3 Å². The predicted molar refractivity (Wildman–Crippen MR) is 134 cm³/mol. The molecule has 11 heteroatoms. The van der Waals surface area contributed by atoms with Crippen LogP contribution >= 0.6 is 0 Å². The fraction of sp³-hybridized carbons (Fsp3) is 0.375. The number of allylic oxidation sites excluding steroid dienone is 1. The Morgan fingerprint density at radius 1 is 1.29 bits per heavy atom. The van der Waals surface area contributed by atoms with Gasteiger partial charge in [-0.1, -0.05) is 30.2 Å². The van der Waals surface area contributed by atoms with E-state index in [1.54, 1.807) is 42.8 Å². The van der Waals surface area contributed by atoms with Gasteiger partial charge in [0, 0.05) is 38.8 Å². The van der Waals surface area contributed by atoms with E-state index < -0.39 is 16.2 Å². The largest absolute Gasteiger partial charge is 0.341 e. The predicted octanol–water partition coefficient (Wildman–Crippen LogP) is 1.47. The SMILES string of the molecule is CC#CCn1c(N2CCCC(N)C2)nc2c1c(=O)n(CC=Cc1ccccc1[N+](=O)[O-])c(=O)n2C. The normalized spacial score (nSPS) is 16.0. The zero-order valence-corrected chi connectivity index (χ0v) is 19.7. The van der Waals surface area contributed by atoms with Crippen molar-refractivity contribution in [1.82, 2.24) is 18.7 Å². The van der Waals surface area contributed by atoms with Crippen molar-refractivity contribution in [3.63, 3.8) is 0 Å². The number of nitro groups is 1. The quantitative estimate of drug-likeness (QED) is 0.323. The van der Waals surface area contributed by atoms with Gasteiger partial charge in [-0.15, -0.1) is 5.92 Å². The number of aromatic nitrogens is 4. The van der Waals surface area contributed by atoms with Gasteiger partial charge in [0.2, 0.25) is 5.95 Å². The first-order valence-corrected chi connectivity index (χ1v) is 11.3. The number of anilines is 1. The van der Waals surface area contributed by atoms with Crippen LogP contribution < -0.4 is 21.9 Å². The Balaban J connectivity index is 1.81. The standard InChI is InChI=1S/C24H27N7O4/c1-3-4-14-29-20-21(26-23(29)28-13-8-11-18(25)16-28)27(2)24(33)30(22(20)32)15-7-10-17-9-5-6-12-19(17)31(34)35/h5-7,9-10,12,18H,8,11,13-16,25H2,1-2H3. The fourth-order valence-electron chi connectivity index (χ4n) is 4.34. The molecule has 35 heavy (non-hydrogen) atoms. The summed E-state index contributed by atoms with van der Waals surface area (Å²) in [5.41, 5.74) is 6.05. The van der Waals surface area contributed by atoms with Gasteiger partial charge in [0.25, 0.3) is 11.2 Å². The second-order valence-corrected chi connectivity index (χ2v) is 8.42. The van der Waals surface area contributed by atoms with Gasteiger partial charge < -0.3 is 10.6 Å². The minimum absolute atomic E-state index is 0.00179. The Labute approximate surface area is 201 Å². The fourth-order valence-corrected chi connectivity index (χ4v) is 4.34. The van der Waals surface area contributed by atoms with Gasteiger partial charge in [0.1, 0.15) is 0 Å². The van der Waals surface area contributed by atoms with Gasteiger partial charge in [-0.3, -0.25) is 28.6 Å². The van der Waals surface area contributed by atoms with Crippen LogP contribution in [0.2, 0.25) is 0 Å². The lowest BCUT2D eigenvalue weighted by Gasteiger charge is -2.31. The number of aryl methyl sites for hydroxylation is 1. The molecule has 0 radical (unpaired) electrons. The topological polar surface area (TPSA) is 134 Å². The zero-order valence-electron chi connectivity index (χ0n) is 19.7. The molecule has 2 aromatic heterocycles. The first-order valence-electron chi connectivity index (χ1n) is 11.3. The molecule has 0 saturated carbocycles. The van der Waals surface area contributed by atoms with Gasteiger partial charge >= 0.3 is 5.69 Å². The molecular weight excluding hydrogens is 450 g/mol. The van der Waals surface area contributed by atoms with Crippen LogP contribution in [0.25, 0.3) is 17.2 Å². The highest BCUT2D eigenvalue weighted by Gasteiger charge is 2.26. The van der Waals surface area contributed by atoms with Crippen molar-refractivity contribution in [2.24, 2.45) is 12.8 Å². The number of para-hydroxylation sites is 1. The third-order valence-electron chi connectivity index (χ3n) is 6.09. The third kappa shape index (κ3) is 4.61. The summed E-state index contributed by atoms with van der Waals surface area (Å²) in [5.74, 6) is 6.42. The van der Waals surface area contributed by atoms with Crippen molar-refractivity contribution in [3.8, 4) is 11.8 Å². The molecule has 1 aromatic carbocycles. The van der Waals surface area contributed by atoms with Crippen LogP contribution in [-0.4, -0.2) is 42.7 Å². The number of nitro benzene ring substituents is 1. The molecule has 1 aliphatic heterocycles. The number of rotatable bonds is 6. The number of fused-ring (bicyclic) bond motifs is 1. The van der Waals surface area contributed by atoms with Crippen LogP contribution in [0.4, 0.5) is 11.6 Å². The molecule has 0 bridgehead atoms. The van der Waals surface area contributed by atoms with Gasteiger partial charge in [0.15, 0.2) is 11.2 Å². The lowest BCUT2D eigenvalue weighted by atomic mass is 10.1. The molecule has 1 aliphatic rings. The van der Waals surface area contributed by atoms with E-state index in [1.165, 1.54) is 16.7 Å². The highest BCUT2D eigenvalue weighted by atomic mass is 16.6. The van der Waals surface area contributed by atoms with Gasteiger partial charge in [-0.25, -0.2) is 4.79 Å². The first kappa shape index (κ1) is 24.0. The van der Waals surface area contributed by atoms with Crippen molar-refractivity contribution in [2.45, 2.75) is 38.9 Å². The van der Waals surface area contributed by atoms with Gasteiger partial charge in [-0.05, 0) is 25.8 Å². The average Bonchev–Trinajstić information content (AvgIpc) is 3.23. The highest BCUT2D eigenvalue weighted by Crippen LogP contribution is 2.23. The Morgan fingerprint density at radius 3 is 2.77 bits per heavy atom. The molecule has 0 spiro atoms. The molecule has 2 N–H and O–H groups in total. The molecule has 4 rings (SSSR count). The van der Waals surface area contributed by atoms with Crippen molar-refractivity contribution in [2.75, 3.05) is 18.0 Å². The number of hydrogen-bond acceptors (Lipinski definition) is 7. The zero-order chi connectivity index (χ0) is 25.1. The Bertz CT molecular complexity index is 1490. The lowest BCUT2D eigenvalue weighted by Crippen LogP contribution is -2.44. The van der Waals surface area contributed by atoms with E-state index in [9.17, 15) is 19.7 Å². The van der Waals surface area contributed by atoms with Crippen LogP contribution in [0.15, 0.2) is 39.9 Å². The summed E-state index contributed by atoms with van der Waals surface area (Å²) in [7, 11) is 1.57. The molecule has 1 fully saturated rings. The molecule has 1 unspecified atom stereocenters. The molecule has 0 amide bonds. The van der Waals surface area contributed by atoms with Crippen molar-refractivity contribution >= 4 is 28.9 Å². The number of nitrogens with two attached hydrogens (primary N) is 1. The lowest BCUT2D eigenvalue weighted by molar-refractivity contribution is -0.385. The van der Waals surface area contributed by atoms with Crippen molar-refractivity contribution < 1.29 is 4.92 Å². The summed E-state index contributed by atoms with van der Waals surface area (Å²) in [5, 5.41) is 11.3. The first-order chi connectivity index (χ1) is 16.8. The maximum Gasteiger partial charge on any atom is 0.332 e. The molecule has 1 atom stereocenters. The van der Waals surface area contributed by atoms with E-state index in [0.29, 0.717) is 18.1 Å². The molecule has 1 saturated heterocycles. The van der Waals surface area contributed by atoms with Crippen LogP contribution in [0.5, 0.6) is 0 Å². The number of imidazole rings is 1. The van der Waals surface area contributed by atoms with E-state index in [0.717, 1.165) is 24.0 Å². The molecule has 182 valence electrons. The number of hydrogen-bond donors (Lipinski definition) is 1. The molecule has 3 aromatic rings. The number of benzene rings is 1. The van der Waals surface area contributed by atoms with Crippen LogP contribution in [0, 0.1) is 22.0 Å². The number of nitrogens with zero attached hydrogens (tertiary/aromatic N) is 6. The minimum atomic E-state index is -0.525. The van der Waals surface area contributed by atoms with Crippen LogP contribution in [0.3, 0.4) is 0 Å². The van der Waals surface area contributed by atoms with E-state index in [1.807, 2.05) is 4.90 Å². The molecular formula is C24H27N7O4. The average molecular weight is 478 g/mol. The molecule has 11 nitrogen and oxygen atoms in total. The molecule has 3 heterocycles. The minimum Gasteiger partial charge on any atom is -0.341 e. The summed E-state index contributed by atoms with van der Waals surface area (Å²) < 4.78 is 4.18. The maximum absolute atomic E-state index is 13.5. The summed E-state index contributed by atoms with van der Waals surface area (Å²) >= 11 is 0. The second-order valence-electron chi connectivity index (χ2n) is 8.42. The summed E-state index contributed by atoms with van der Waals surface area (Å²) in [6, 6.07) is 6.27. The highest BCUT2D eigenvalue weighted by molar-refractivity contribution is 5.75. The Morgan fingerprint density at radius 2 is 2.06 bits per heavy atom. The van der Waals surface area contributed by atoms with E-state index in [2.05, 4.69) is 16.8 Å². The summed E-state index contributed by atoms with van der Waals surface area (Å²) in [6.45, 7) is 3.26. The monoisotopic (exact) mass is 477 g/mol. The third-order valence-corrected chi connectivity index (χ3v) is 6.09. The van der Waals surface area contributed by atoms with Gasteiger partial charge in [-0.2, -0.15) is 4.98 Å². The van der Waals surface area contributed by atoms with E-state index >= 15 is 0 Å². The number of piperidine rings is 1. The van der Waals surface area contributed by atoms with Crippen LogP contribution in [-0.2, 0) is 20.1 Å². The summed E-state index contributed by atoms with van der Waals surface area (Å²) in [6.07, 6.45) is 4.93. The second kappa shape index (κ2) is 9.99. The smallest absolute Gasteiger partial charge is 0.332 e. The van der Waals surface area contributed by atoms with Gasteiger partial charge in [0.05, 0.1) is 17.0 Å². The molecule has 0 aliphatic carbocycles. The maximum atomic E-state index is 13.5.